The summed E-state index contributed by atoms with van der Waals surface area (Å²) < 4.78 is 5.88. The van der Waals surface area contributed by atoms with E-state index in [1.54, 1.807) is 18.2 Å². The molecular weight excluding hydrogens is 320 g/mol. The number of rotatable bonds is 4. The van der Waals surface area contributed by atoms with Crippen LogP contribution < -0.4 is 4.74 Å². The first kappa shape index (κ1) is 14.3. The lowest BCUT2D eigenvalue weighted by Gasteiger charge is -2.04. The number of carbonyl (C=O) groups is 1. The molecule has 0 spiro atoms. The van der Waals surface area contributed by atoms with Crippen LogP contribution in [-0.2, 0) is 0 Å². The van der Waals surface area contributed by atoms with E-state index in [1.807, 2.05) is 24.3 Å². The molecule has 0 aliphatic heterocycles. The van der Waals surface area contributed by atoms with Crippen molar-refractivity contribution in [3.05, 3.63) is 64.1 Å². The van der Waals surface area contributed by atoms with Crippen molar-refractivity contribution in [1.82, 2.24) is 0 Å². The van der Waals surface area contributed by atoms with Crippen LogP contribution in [0.3, 0.4) is 0 Å². The van der Waals surface area contributed by atoms with Crippen LogP contribution in [0.4, 0.5) is 0 Å². The largest absolute Gasteiger partial charge is 0.507 e. The molecule has 3 nitrogen and oxygen atoms in total. The maximum atomic E-state index is 12.0. The van der Waals surface area contributed by atoms with Crippen LogP contribution in [0.25, 0.3) is 6.08 Å². The van der Waals surface area contributed by atoms with E-state index in [0.717, 1.165) is 10.0 Å². The van der Waals surface area contributed by atoms with Gasteiger partial charge in [-0.3, -0.25) is 4.79 Å². The minimum absolute atomic E-state index is 0.0915. The number of methoxy groups -OCH3 is 1. The number of hydrogen-bond donors (Lipinski definition) is 1. The molecule has 4 heteroatoms. The number of carbonyl (C=O) groups excluding carboxylic acids is 1. The van der Waals surface area contributed by atoms with Gasteiger partial charge in [0.25, 0.3) is 0 Å². The molecule has 1 N–H and O–H groups in total. The molecule has 2 rings (SSSR count). The number of aromatic hydroxyl groups is 1. The Morgan fingerprint density at radius 1 is 1.25 bits per heavy atom. The summed E-state index contributed by atoms with van der Waals surface area (Å²) in [7, 11) is 1.50. The third kappa shape index (κ3) is 3.27. The van der Waals surface area contributed by atoms with Crippen molar-refractivity contribution in [2.24, 2.45) is 0 Å². The first-order valence-electron chi connectivity index (χ1n) is 5.96. The Morgan fingerprint density at radius 2 is 2.00 bits per heavy atom. The third-order valence-electron chi connectivity index (χ3n) is 2.79. The summed E-state index contributed by atoms with van der Waals surface area (Å²) in [4.78, 5) is 12.0. The fraction of sp³-hybridized carbons (Fsp3) is 0.0625. The molecule has 0 fully saturated rings. The van der Waals surface area contributed by atoms with Gasteiger partial charge >= 0.3 is 0 Å². The van der Waals surface area contributed by atoms with Crippen LogP contribution in [0, 0.1) is 0 Å². The average molecular weight is 333 g/mol. The third-order valence-corrected chi connectivity index (χ3v) is 3.51. The van der Waals surface area contributed by atoms with Gasteiger partial charge in [0.05, 0.1) is 12.7 Å². The van der Waals surface area contributed by atoms with Crippen LogP contribution in [0.15, 0.2) is 53.0 Å². The maximum absolute atomic E-state index is 12.0. The van der Waals surface area contributed by atoms with Crippen LogP contribution in [0.5, 0.6) is 11.5 Å². The monoisotopic (exact) mass is 332 g/mol. The fourth-order valence-electron chi connectivity index (χ4n) is 1.71. The number of benzene rings is 2. The van der Waals surface area contributed by atoms with Crippen molar-refractivity contribution in [1.29, 1.82) is 0 Å². The zero-order valence-electron chi connectivity index (χ0n) is 10.8. The lowest BCUT2D eigenvalue weighted by Crippen LogP contribution is -1.95. The second kappa shape index (κ2) is 6.39. The lowest BCUT2D eigenvalue weighted by atomic mass is 10.1. The van der Waals surface area contributed by atoms with Crippen molar-refractivity contribution in [3.8, 4) is 11.5 Å². The molecule has 0 atom stereocenters. The number of phenols is 1. The van der Waals surface area contributed by atoms with E-state index < -0.39 is 0 Å². The average Bonchev–Trinajstić information content (AvgIpc) is 2.46. The van der Waals surface area contributed by atoms with Crippen molar-refractivity contribution in [2.45, 2.75) is 0 Å². The zero-order chi connectivity index (χ0) is 14.5. The molecule has 0 bridgehead atoms. The second-order valence-electron chi connectivity index (χ2n) is 4.10. The van der Waals surface area contributed by atoms with Crippen molar-refractivity contribution in [3.63, 3.8) is 0 Å². The number of hydrogen-bond acceptors (Lipinski definition) is 3. The molecule has 0 heterocycles. The molecule has 0 saturated heterocycles. The molecular formula is C16H13BrO3. The van der Waals surface area contributed by atoms with Crippen LogP contribution >= 0.6 is 15.9 Å². The molecule has 0 unspecified atom stereocenters. The highest BCUT2D eigenvalue weighted by molar-refractivity contribution is 9.10. The SMILES string of the molecule is COc1ccc(C(=O)C=Cc2ccccc2Br)c(O)c1. The highest BCUT2D eigenvalue weighted by Crippen LogP contribution is 2.24. The summed E-state index contributed by atoms with van der Waals surface area (Å²) in [6.45, 7) is 0. The van der Waals surface area contributed by atoms with Gasteiger partial charge in [0, 0.05) is 10.5 Å². The van der Waals surface area contributed by atoms with E-state index in [-0.39, 0.29) is 17.1 Å². The molecule has 0 aliphatic carbocycles. The Bertz CT molecular complexity index is 663. The number of phenolic OH excluding ortho intramolecular Hbond substituents is 1. The molecule has 0 amide bonds. The minimum atomic E-state index is -0.263. The Hall–Kier alpha value is -2.07. The number of ketones is 1. The molecule has 0 radical (unpaired) electrons. The Balaban J connectivity index is 2.22. The normalized spacial score (nSPS) is 10.7. The summed E-state index contributed by atoms with van der Waals surface area (Å²) in [6.07, 6.45) is 3.14. The molecule has 0 aromatic heterocycles. The van der Waals surface area contributed by atoms with Gasteiger partial charge in [-0.15, -0.1) is 0 Å². The first-order valence-corrected chi connectivity index (χ1v) is 6.75. The summed E-state index contributed by atoms with van der Waals surface area (Å²) >= 11 is 3.41. The Labute approximate surface area is 125 Å². The summed E-state index contributed by atoms with van der Waals surface area (Å²) in [5, 5.41) is 9.80. The van der Waals surface area contributed by atoms with E-state index in [2.05, 4.69) is 15.9 Å². The summed E-state index contributed by atoms with van der Waals surface area (Å²) in [6, 6.07) is 12.2. The lowest BCUT2D eigenvalue weighted by molar-refractivity contribution is 0.104. The number of ether oxygens (including phenoxy) is 1. The van der Waals surface area contributed by atoms with Crippen molar-refractivity contribution < 1.29 is 14.6 Å². The van der Waals surface area contributed by atoms with Gasteiger partial charge in [-0.25, -0.2) is 0 Å². The van der Waals surface area contributed by atoms with E-state index in [4.69, 9.17) is 4.74 Å². The standard InChI is InChI=1S/C16H13BrO3/c1-20-12-7-8-13(16(19)10-12)15(18)9-6-11-4-2-3-5-14(11)17/h2-10,19H,1H3. The highest BCUT2D eigenvalue weighted by atomic mass is 79.9. The van der Waals surface area contributed by atoms with Gasteiger partial charge in [0.1, 0.15) is 11.5 Å². The van der Waals surface area contributed by atoms with E-state index in [0.29, 0.717) is 5.75 Å². The van der Waals surface area contributed by atoms with Gasteiger partial charge < -0.3 is 9.84 Å². The van der Waals surface area contributed by atoms with Gasteiger partial charge in [-0.05, 0) is 35.9 Å². The molecule has 102 valence electrons. The van der Waals surface area contributed by atoms with Crippen LogP contribution in [-0.4, -0.2) is 18.0 Å². The molecule has 0 saturated carbocycles. The number of halogens is 1. The van der Waals surface area contributed by atoms with Crippen LogP contribution in [0.2, 0.25) is 0 Å². The maximum Gasteiger partial charge on any atom is 0.189 e. The van der Waals surface area contributed by atoms with Crippen molar-refractivity contribution >= 4 is 27.8 Å². The van der Waals surface area contributed by atoms with Gasteiger partial charge in [0.2, 0.25) is 0 Å². The van der Waals surface area contributed by atoms with Gasteiger partial charge in [-0.2, -0.15) is 0 Å². The Morgan fingerprint density at radius 3 is 2.65 bits per heavy atom. The molecule has 20 heavy (non-hydrogen) atoms. The van der Waals surface area contributed by atoms with E-state index in [9.17, 15) is 9.90 Å². The van der Waals surface area contributed by atoms with E-state index >= 15 is 0 Å². The predicted molar refractivity (Wildman–Crippen MR) is 82.2 cm³/mol. The minimum Gasteiger partial charge on any atom is -0.507 e. The van der Waals surface area contributed by atoms with Crippen molar-refractivity contribution in [2.75, 3.05) is 7.11 Å². The smallest absolute Gasteiger partial charge is 0.189 e. The predicted octanol–water partition coefficient (Wildman–Crippen LogP) is 4.06. The van der Waals surface area contributed by atoms with E-state index in [1.165, 1.54) is 19.3 Å². The fourth-order valence-corrected chi connectivity index (χ4v) is 2.13. The topological polar surface area (TPSA) is 46.5 Å². The first-order chi connectivity index (χ1) is 9.61. The number of allylic oxidation sites excluding steroid dienone is 1. The van der Waals surface area contributed by atoms with Gasteiger partial charge in [0.15, 0.2) is 5.78 Å². The molecule has 0 aliphatic rings. The quantitative estimate of drug-likeness (QED) is 0.678. The van der Waals surface area contributed by atoms with Crippen LogP contribution in [0.1, 0.15) is 15.9 Å². The molecule has 2 aromatic carbocycles. The second-order valence-corrected chi connectivity index (χ2v) is 4.96. The summed E-state index contributed by atoms with van der Waals surface area (Å²) in [5.74, 6) is 0.154. The molecule has 2 aromatic rings. The summed E-state index contributed by atoms with van der Waals surface area (Å²) in [5.41, 5.74) is 1.14. The highest BCUT2D eigenvalue weighted by Gasteiger charge is 2.09. The van der Waals surface area contributed by atoms with Gasteiger partial charge in [-0.1, -0.05) is 34.1 Å². The zero-order valence-corrected chi connectivity index (χ0v) is 12.4. The Kier molecular flexibility index (Phi) is 4.58.